The molecule has 0 spiro atoms. The monoisotopic (exact) mass is 152 g/mol. The molecule has 0 aliphatic heterocycles. The van der Waals surface area contributed by atoms with E-state index in [1.165, 1.54) is 26.0 Å². The minimum atomic E-state index is -0.301. The van der Waals surface area contributed by atoms with E-state index in [2.05, 4.69) is 10.8 Å². The first-order valence-electron chi connectivity index (χ1n) is 3.76. The molecule has 0 bridgehead atoms. The van der Waals surface area contributed by atoms with Crippen LogP contribution in [0.15, 0.2) is 24.3 Å². The second kappa shape index (κ2) is 3.96. The number of hydrogen-bond donors (Lipinski definition) is 0. The van der Waals surface area contributed by atoms with Gasteiger partial charge in [-0.25, -0.2) is 4.79 Å². The van der Waals surface area contributed by atoms with E-state index in [4.69, 9.17) is 0 Å². The number of carbonyl (C=O) groups is 1. The first-order chi connectivity index (χ1) is 5.33. The molecule has 1 aliphatic carbocycles. The van der Waals surface area contributed by atoms with E-state index in [9.17, 15) is 4.79 Å². The lowest BCUT2D eigenvalue weighted by atomic mass is 10.3. The van der Waals surface area contributed by atoms with Crippen molar-refractivity contribution < 1.29 is 9.53 Å². The minimum absolute atomic E-state index is 0.301. The van der Waals surface area contributed by atoms with Gasteiger partial charge in [-0.3, -0.25) is 0 Å². The summed E-state index contributed by atoms with van der Waals surface area (Å²) in [4.78, 5) is 10.5. The SMILES string of the molecule is COC(=O)/C=C\C=C\C1CC1. The topological polar surface area (TPSA) is 26.3 Å². The maximum atomic E-state index is 10.5. The van der Waals surface area contributed by atoms with Gasteiger partial charge < -0.3 is 4.74 Å². The Morgan fingerprint density at radius 1 is 1.45 bits per heavy atom. The minimum Gasteiger partial charge on any atom is -0.466 e. The molecule has 11 heavy (non-hydrogen) atoms. The molecule has 0 aromatic carbocycles. The number of methoxy groups -OCH3 is 1. The molecule has 0 atom stereocenters. The lowest BCUT2D eigenvalue weighted by Crippen LogP contribution is -1.92. The van der Waals surface area contributed by atoms with Crippen molar-refractivity contribution in [2.45, 2.75) is 12.8 Å². The summed E-state index contributed by atoms with van der Waals surface area (Å²) in [5, 5.41) is 0. The Bertz CT molecular complexity index is 188. The molecular formula is C9H12O2. The van der Waals surface area contributed by atoms with Crippen LogP contribution >= 0.6 is 0 Å². The van der Waals surface area contributed by atoms with E-state index in [1.54, 1.807) is 6.08 Å². The summed E-state index contributed by atoms with van der Waals surface area (Å²) >= 11 is 0. The Hall–Kier alpha value is -1.05. The van der Waals surface area contributed by atoms with Crippen LogP contribution in [0.3, 0.4) is 0 Å². The van der Waals surface area contributed by atoms with Crippen LogP contribution in [0.25, 0.3) is 0 Å². The highest BCUT2D eigenvalue weighted by atomic mass is 16.5. The average Bonchev–Trinajstić information content (AvgIpc) is 2.81. The van der Waals surface area contributed by atoms with Gasteiger partial charge in [0.25, 0.3) is 0 Å². The molecular weight excluding hydrogens is 140 g/mol. The second-order valence-electron chi connectivity index (χ2n) is 2.60. The van der Waals surface area contributed by atoms with Gasteiger partial charge in [0.05, 0.1) is 7.11 Å². The van der Waals surface area contributed by atoms with Crippen LogP contribution in [0.5, 0.6) is 0 Å². The predicted octanol–water partition coefficient (Wildman–Crippen LogP) is 1.68. The van der Waals surface area contributed by atoms with Gasteiger partial charge in [0.15, 0.2) is 0 Å². The van der Waals surface area contributed by atoms with Crippen molar-refractivity contribution in [2.75, 3.05) is 7.11 Å². The molecule has 0 N–H and O–H groups in total. The van der Waals surface area contributed by atoms with Crippen LogP contribution in [0.4, 0.5) is 0 Å². The molecule has 2 heteroatoms. The summed E-state index contributed by atoms with van der Waals surface area (Å²) in [6.07, 6.45) is 9.72. The molecule has 1 fully saturated rings. The van der Waals surface area contributed by atoms with Crippen LogP contribution in [0.2, 0.25) is 0 Å². The highest BCUT2D eigenvalue weighted by Crippen LogP contribution is 2.29. The van der Waals surface area contributed by atoms with Gasteiger partial charge in [-0.05, 0) is 18.8 Å². The molecule has 0 aromatic heterocycles. The van der Waals surface area contributed by atoms with E-state index in [1.807, 2.05) is 6.08 Å². The molecule has 0 radical (unpaired) electrons. The number of hydrogen-bond acceptors (Lipinski definition) is 2. The Morgan fingerprint density at radius 3 is 2.73 bits per heavy atom. The highest BCUT2D eigenvalue weighted by molar-refractivity contribution is 5.82. The average molecular weight is 152 g/mol. The molecule has 60 valence electrons. The van der Waals surface area contributed by atoms with Crippen molar-refractivity contribution in [1.82, 2.24) is 0 Å². The molecule has 0 unspecified atom stereocenters. The second-order valence-corrected chi connectivity index (χ2v) is 2.60. The number of rotatable bonds is 3. The molecule has 2 nitrogen and oxygen atoms in total. The molecule has 1 saturated carbocycles. The summed E-state index contributed by atoms with van der Waals surface area (Å²) in [5.41, 5.74) is 0. The van der Waals surface area contributed by atoms with Crippen molar-refractivity contribution in [2.24, 2.45) is 5.92 Å². The van der Waals surface area contributed by atoms with Crippen LogP contribution < -0.4 is 0 Å². The van der Waals surface area contributed by atoms with Crippen LogP contribution in [0.1, 0.15) is 12.8 Å². The van der Waals surface area contributed by atoms with E-state index in [0.29, 0.717) is 0 Å². The number of carbonyl (C=O) groups excluding carboxylic acids is 1. The maximum absolute atomic E-state index is 10.5. The molecule has 1 aliphatic rings. The van der Waals surface area contributed by atoms with Gasteiger partial charge in [0.2, 0.25) is 0 Å². The molecule has 0 amide bonds. The summed E-state index contributed by atoms with van der Waals surface area (Å²) in [6, 6.07) is 0. The van der Waals surface area contributed by atoms with Crippen LogP contribution in [0, 0.1) is 5.92 Å². The summed E-state index contributed by atoms with van der Waals surface area (Å²) in [6.45, 7) is 0. The van der Waals surface area contributed by atoms with Crippen LogP contribution in [-0.4, -0.2) is 13.1 Å². The van der Waals surface area contributed by atoms with Crippen molar-refractivity contribution in [3.05, 3.63) is 24.3 Å². The smallest absolute Gasteiger partial charge is 0.330 e. The third-order valence-corrected chi connectivity index (χ3v) is 1.55. The van der Waals surface area contributed by atoms with E-state index in [-0.39, 0.29) is 5.97 Å². The lowest BCUT2D eigenvalue weighted by molar-refractivity contribution is -0.134. The normalized spacial score (nSPS) is 17.9. The van der Waals surface area contributed by atoms with Crippen LogP contribution in [-0.2, 0) is 9.53 Å². The largest absolute Gasteiger partial charge is 0.466 e. The molecule has 0 heterocycles. The van der Waals surface area contributed by atoms with Gasteiger partial charge >= 0.3 is 5.97 Å². The lowest BCUT2D eigenvalue weighted by Gasteiger charge is -1.85. The number of esters is 1. The fourth-order valence-electron chi connectivity index (χ4n) is 0.712. The Labute approximate surface area is 66.5 Å². The van der Waals surface area contributed by atoms with Gasteiger partial charge in [-0.15, -0.1) is 0 Å². The molecule has 0 aromatic rings. The zero-order valence-electron chi connectivity index (χ0n) is 6.62. The zero-order valence-corrected chi connectivity index (χ0v) is 6.62. The molecule has 1 rings (SSSR count). The first-order valence-corrected chi connectivity index (χ1v) is 3.76. The Balaban J connectivity index is 2.17. The molecule has 0 saturated heterocycles. The van der Waals surface area contributed by atoms with Gasteiger partial charge in [0, 0.05) is 6.08 Å². The maximum Gasteiger partial charge on any atom is 0.330 e. The van der Waals surface area contributed by atoms with E-state index >= 15 is 0 Å². The summed E-state index contributed by atoms with van der Waals surface area (Å²) < 4.78 is 4.41. The number of ether oxygens (including phenoxy) is 1. The van der Waals surface area contributed by atoms with Gasteiger partial charge in [-0.1, -0.05) is 18.2 Å². The van der Waals surface area contributed by atoms with Crippen molar-refractivity contribution in [1.29, 1.82) is 0 Å². The first kappa shape index (κ1) is 8.05. The van der Waals surface area contributed by atoms with Crippen molar-refractivity contribution in [3.8, 4) is 0 Å². The Morgan fingerprint density at radius 2 is 2.18 bits per heavy atom. The summed E-state index contributed by atoms with van der Waals surface area (Å²) in [5.74, 6) is 0.461. The Kier molecular flexibility index (Phi) is 2.90. The van der Waals surface area contributed by atoms with Crippen molar-refractivity contribution >= 4 is 5.97 Å². The van der Waals surface area contributed by atoms with Gasteiger partial charge in [0.1, 0.15) is 0 Å². The zero-order chi connectivity index (χ0) is 8.10. The van der Waals surface area contributed by atoms with E-state index < -0.39 is 0 Å². The van der Waals surface area contributed by atoms with Gasteiger partial charge in [-0.2, -0.15) is 0 Å². The van der Waals surface area contributed by atoms with E-state index in [0.717, 1.165) is 5.92 Å². The third kappa shape index (κ3) is 3.61. The summed E-state index contributed by atoms with van der Waals surface area (Å²) in [7, 11) is 1.37. The fourth-order valence-corrected chi connectivity index (χ4v) is 0.712. The standard InChI is InChI=1S/C9H12O2/c1-11-9(10)5-3-2-4-8-6-7-8/h2-5,8H,6-7H2,1H3/b4-2+,5-3-. The predicted molar refractivity (Wildman–Crippen MR) is 43.0 cm³/mol. The van der Waals surface area contributed by atoms with Crippen molar-refractivity contribution in [3.63, 3.8) is 0 Å². The quantitative estimate of drug-likeness (QED) is 0.349. The highest BCUT2D eigenvalue weighted by Gasteiger charge is 2.16. The third-order valence-electron chi connectivity index (χ3n) is 1.55. The fraction of sp³-hybridized carbons (Fsp3) is 0.444. The number of allylic oxidation sites excluding steroid dienone is 3.